The van der Waals surface area contributed by atoms with E-state index in [1.807, 2.05) is 4.90 Å². The van der Waals surface area contributed by atoms with Gasteiger partial charge >= 0.3 is 0 Å². The Labute approximate surface area is 172 Å². The van der Waals surface area contributed by atoms with E-state index in [4.69, 9.17) is 10.7 Å². The van der Waals surface area contributed by atoms with Gasteiger partial charge in [-0.1, -0.05) is 18.2 Å². The predicted octanol–water partition coefficient (Wildman–Crippen LogP) is 2.52. The predicted molar refractivity (Wildman–Crippen MR) is 113 cm³/mol. The van der Waals surface area contributed by atoms with Gasteiger partial charge in [0.25, 0.3) is 0 Å². The molecule has 2 aliphatic heterocycles. The summed E-state index contributed by atoms with van der Waals surface area (Å²) in [5.41, 5.74) is 5.15. The SMILES string of the molecule is CC(C)(N)C(=O)N1CCC(CC2(C)SC(=N[C@H]3C[C@@H]4CCC3C4)NC2=O)CC1. The van der Waals surface area contributed by atoms with E-state index in [1.54, 1.807) is 25.6 Å². The smallest absolute Gasteiger partial charge is 0.242 e. The maximum atomic E-state index is 12.7. The molecule has 2 amide bonds. The summed E-state index contributed by atoms with van der Waals surface area (Å²) in [5, 5.41) is 3.90. The van der Waals surface area contributed by atoms with E-state index in [2.05, 4.69) is 12.2 Å². The molecule has 4 aliphatic rings. The Morgan fingerprint density at radius 1 is 1.29 bits per heavy atom. The van der Waals surface area contributed by atoms with Crippen molar-refractivity contribution in [3.63, 3.8) is 0 Å². The van der Waals surface area contributed by atoms with Gasteiger partial charge in [-0.15, -0.1) is 0 Å². The lowest BCUT2D eigenvalue weighted by Crippen LogP contribution is -2.53. The third-order valence-electron chi connectivity index (χ3n) is 7.14. The number of carbonyl (C=O) groups is 2. The number of thioether (sulfide) groups is 1. The quantitative estimate of drug-likeness (QED) is 0.751. The van der Waals surface area contributed by atoms with Crippen molar-refractivity contribution in [2.45, 2.75) is 82.0 Å². The van der Waals surface area contributed by atoms with Crippen LogP contribution in [0.4, 0.5) is 0 Å². The Morgan fingerprint density at radius 3 is 2.57 bits per heavy atom. The van der Waals surface area contributed by atoms with E-state index in [9.17, 15) is 9.59 Å². The van der Waals surface area contributed by atoms with Gasteiger partial charge in [0.2, 0.25) is 11.8 Å². The van der Waals surface area contributed by atoms with Gasteiger partial charge in [-0.2, -0.15) is 0 Å². The molecular weight excluding hydrogens is 372 g/mol. The van der Waals surface area contributed by atoms with Crippen molar-refractivity contribution in [1.82, 2.24) is 10.2 Å². The van der Waals surface area contributed by atoms with Crippen molar-refractivity contribution in [3.05, 3.63) is 0 Å². The summed E-state index contributed by atoms with van der Waals surface area (Å²) in [6.07, 6.45) is 7.91. The molecule has 0 aromatic heterocycles. The number of rotatable bonds is 4. The molecule has 4 atom stereocenters. The zero-order chi connectivity index (χ0) is 20.1. The Morgan fingerprint density at radius 2 is 2.00 bits per heavy atom. The minimum Gasteiger partial charge on any atom is -0.341 e. The average Bonchev–Trinajstić information content (AvgIpc) is 3.30. The fourth-order valence-corrected chi connectivity index (χ4v) is 6.75. The number of hydrogen-bond acceptors (Lipinski definition) is 5. The van der Waals surface area contributed by atoms with Crippen LogP contribution in [0.5, 0.6) is 0 Å². The summed E-state index contributed by atoms with van der Waals surface area (Å²) < 4.78 is -0.444. The third kappa shape index (κ3) is 3.97. The lowest BCUT2D eigenvalue weighted by Gasteiger charge is -2.37. The van der Waals surface area contributed by atoms with Crippen LogP contribution in [0.1, 0.15) is 65.7 Å². The molecule has 0 aromatic rings. The van der Waals surface area contributed by atoms with Crippen molar-refractivity contribution < 1.29 is 9.59 Å². The minimum absolute atomic E-state index is 0.0189. The number of aliphatic imine (C=N–C) groups is 1. The van der Waals surface area contributed by atoms with Crippen LogP contribution in [0.3, 0.4) is 0 Å². The largest absolute Gasteiger partial charge is 0.341 e. The number of piperidine rings is 1. The van der Waals surface area contributed by atoms with Gasteiger partial charge < -0.3 is 16.0 Å². The monoisotopic (exact) mass is 406 g/mol. The van der Waals surface area contributed by atoms with Crippen molar-refractivity contribution in [3.8, 4) is 0 Å². The molecule has 4 rings (SSSR count). The Bertz CT molecular complexity index is 680. The van der Waals surface area contributed by atoms with Crippen LogP contribution in [-0.2, 0) is 9.59 Å². The van der Waals surface area contributed by atoms with Crippen LogP contribution in [-0.4, -0.2) is 51.3 Å². The lowest BCUT2D eigenvalue weighted by atomic mass is 9.86. The highest BCUT2D eigenvalue weighted by atomic mass is 32.2. The summed E-state index contributed by atoms with van der Waals surface area (Å²) >= 11 is 1.63. The maximum absolute atomic E-state index is 12.7. The molecule has 6 nitrogen and oxygen atoms in total. The standard InChI is InChI=1S/C21H34N4O2S/c1-20(2,22)18(27)25-8-6-13(7-9-25)12-21(3)17(26)24-19(28-21)23-16-11-14-4-5-15(16)10-14/h13-16H,4-12,22H2,1-3H3,(H,23,24,26)/t14-,15?,16+,21?/m1/s1. The van der Waals surface area contributed by atoms with E-state index in [1.165, 1.54) is 25.7 Å². The zero-order valence-corrected chi connectivity index (χ0v) is 18.2. The molecule has 2 aliphatic carbocycles. The lowest BCUT2D eigenvalue weighted by molar-refractivity contribution is -0.137. The molecule has 0 aromatic carbocycles. The van der Waals surface area contributed by atoms with Gasteiger partial charge in [0.1, 0.15) is 0 Å². The Balaban J connectivity index is 1.32. The fraction of sp³-hybridized carbons (Fsp3) is 0.857. The molecule has 2 saturated heterocycles. The van der Waals surface area contributed by atoms with Crippen molar-refractivity contribution in [1.29, 1.82) is 0 Å². The summed E-state index contributed by atoms with van der Waals surface area (Å²) in [7, 11) is 0. The molecule has 2 bridgehead atoms. The second kappa shape index (κ2) is 7.31. The molecule has 2 unspecified atom stereocenters. The highest BCUT2D eigenvalue weighted by Gasteiger charge is 2.46. The molecule has 2 saturated carbocycles. The van der Waals surface area contributed by atoms with Gasteiger partial charge in [0.05, 0.1) is 16.3 Å². The second-order valence-corrected chi connectivity index (χ2v) is 11.6. The summed E-state index contributed by atoms with van der Waals surface area (Å²) in [5.74, 6) is 2.16. The van der Waals surface area contributed by atoms with Crippen LogP contribution >= 0.6 is 11.8 Å². The van der Waals surface area contributed by atoms with E-state index >= 15 is 0 Å². The Kier molecular flexibility index (Phi) is 5.28. The zero-order valence-electron chi connectivity index (χ0n) is 17.4. The Hall–Kier alpha value is -1.08. The van der Waals surface area contributed by atoms with Gasteiger partial charge in [0.15, 0.2) is 5.17 Å². The van der Waals surface area contributed by atoms with Crippen LogP contribution in [0, 0.1) is 17.8 Å². The first-order chi connectivity index (χ1) is 13.1. The molecule has 28 heavy (non-hydrogen) atoms. The van der Waals surface area contributed by atoms with Crippen molar-refractivity contribution in [2.24, 2.45) is 28.5 Å². The van der Waals surface area contributed by atoms with Gasteiger partial charge in [-0.3, -0.25) is 14.6 Å². The van der Waals surface area contributed by atoms with E-state index < -0.39 is 10.3 Å². The van der Waals surface area contributed by atoms with Crippen molar-refractivity contribution >= 4 is 28.7 Å². The molecule has 2 heterocycles. The molecule has 0 radical (unpaired) electrons. The number of fused-ring (bicyclic) bond motifs is 2. The number of likely N-dealkylation sites (tertiary alicyclic amines) is 1. The van der Waals surface area contributed by atoms with Crippen LogP contribution in [0.15, 0.2) is 4.99 Å². The molecular formula is C21H34N4O2S. The number of nitrogens with one attached hydrogen (secondary N) is 1. The number of amides is 2. The molecule has 3 N–H and O–H groups in total. The fourth-order valence-electron chi connectivity index (χ4n) is 5.53. The molecule has 0 spiro atoms. The highest BCUT2D eigenvalue weighted by molar-refractivity contribution is 8.16. The van der Waals surface area contributed by atoms with E-state index in [0.29, 0.717) is 12.0 Å². The van der Waals surface area contributed by atoms with Gasteiger partial charge in [0, 0.05) is 13.1 Å². The molecule has 7 heteroatoms. The average molecular weight is 407 g/mol. The summed E-state index contributed by atoms with van der Waals surface area (Å²) in [4.78, 5) is 31.9. The molecule has 156 valence electrons. The van der Waals surface area contributed by atoms with Gasteiger partial charge in [-0.05, 0) is 77.0 Å². The summed E-state index contributed by atoms with van der Waals surface area (Å²) in [6, 6.07) is 0.415. The number of hydrogen-bond donors (Lipinski definition) is 2. The number of nitrogens with zero attached hydrogens (tertiary/aromatic N) is 2. The highest BCUT2D eigenvalue weighted by Crippen LogP contribution is 2.47. The first-order valence-corrected chi connectivity index (χ1v) is 11.6. The second-order valence-electron chi connectivity index (χ2n) is 10.1. The topological polar surface area (TPSA) is 87.8 Å². The van der Waals surface area contributed by atoms with Crippen LogP contribution in [0.25, 0.3) is 0 Å². The van der Waals surface area contributed by atoms with Crippen LogP contribution in [0.2, 0.25) is 0 Å². The maximum Gasteiger partial charge on any atom is 0.242 e. The first-order valence-electron chi connectivity index (χ1n) is 10.8. The number of carbonyl (C=O) groups excluding carboxylic acids is 2. The third-order valence-corrected chi connectivity index (χ3v) is 8.34. The number of nitrogens with two attached hydrogens (primary N) is 1. The summed E-state index contributed by atoms with van der Waals surface area (Å²) in [6.45, 7) is 7.05. The normalized spacial score (nSPS) is 37.7. The minimum atomic E-state index is -0.814. The number of amidine groups is 1. The van der Waals surface area contributed by atoms with E-state index in [0.717, 1.165) is 49.4 Å². The molecule has 4 fully saturated rings. The van der Waals surface area contributed by atoms with Crippen LogP contribution < -0.4 is 11.1 Å². The first kappa shape index (κ1) is 20.2. The van der Waals surface area contributed by atoms with E-state index in [-0.39, 0.29) is 11.8 Å². The van der Waals surface area contributed by atoms with Crippen molar-refractivity contribution in [2.75, 3.05) is 13.1 Å². The van der Waals surface area contributed by atoms with Gasteiger partial charge in [-0.25, -0.2) is 0 Å².